The molecule has 6 rings (SSSR count). The summed E-state index contributed by atoms with van der Waals surface area (Å²) in [7, 11) is 0. The molecule has 0 N–H and O–H groups in total. The van der Waals surface area contributed by atoms with Gasteiger partial charge in [-0.2, -0.15) is 0 Å². The summed E-state index contributed by atoms with van der Waals surface area (Å²) < 4.78 is 0. The summed E-state index contributed by atoms with van der Waals surface area (Å²) in [5.41, 5.74) is 6.43. The number of hydrogen-bond acceptors (Lipinski definition) is 0. The number of benzene rings is 6. The summed E-state index contributed by atoms with van der Waals surface area (Å²) in [6, 6.07) is 41.7. The van der Waals surface area contributed by atoms with E-state index < -0.39 is 0 Å². The molecule has 0 saturated carbocycles. The summed E-state index contributed by atoms with van der Waals surface area (Å²) in [5, 5.41) is 7.94. The van der Waals surface area contributed by atoms with Crippen molar-refractivity contribution in [1.29, 1.82) is 0 Å². The molecule has 0 atom stereocenters. The summed E-state index contributed by atoms with van der Waals surface area (Å²) in [5.74, 6) is 0. The molecule has 0 aliphatic rings. The highest BCUT2D eigenvalue weighted by atomic mass is 14.2. The van der Waals surface area contributed by atoms with Gasteiger partial charge in [-0.3, -0.25) is 0 Å². The van der Waals surface area contributed by atoms with Gasteiger partial charge >= 0.3 is 0 Å². The van der Waals surface area contributed by atoms with Crippen LogP contribution in [0.1, 0.15) is 5.56 Å². The Labute approximate surface area is 182 Å². The fourth-order valence-corrected chi connectivity index (χ4v) is 4.96. The van der Waals surface area contributed by atoms with Crippen molar-refractivity contribution >= 4 is 32.3 Å². The highest BCUT2D eigenvalue weighted by Crippen LogP contribution is 2.42. The van der Waals surface area contributed by atoms with Crippen LogP contribution >= 0.6 is 0 Å². The van der Waals surface area contributed by atoms with Gasteiger partial charge in [-0.25, -0.2) is 0 Å². The SMILES string of the molecule is Cc1c2ccccc2c(-c2ccc(-c3ccccc3)cc2)c2ccc3ccccc3c12. The Balaban J connectivity index is 1.69. The van der Waals surface area contributed by atoms with Crippen molar-refractivity contribution < 1.29 is 0 Å². The normalized spacial score (nSPS) is 11.4. The Hall–Kier alpha value is -3.90. The lowest BCUT2D eigenvalue weighted by atomic mass is 9.86. The van der Waals surface area contributed by atoms with E-state index in [1.54, 1.807) is 0 Å². The van der Waals surface area contributed by atoms with Gasteiger partial charge in [-0.05, 0) is 67.1 Å². The minimum Gasteiger partial charge on any atom is -0.0622 e. The molecular weight excluding hydrogens is 372 g/mol. The number of rotatable bonds is 2. The minimum absolute atomic E-state index is 1.25. The van der Waals surface area contributed by atoms with Gasteiger partial charge in [0, 0.05) is 0 Å². The van der Waals surface area contributed by atoms with E-state index in [4.69, 9.17) is 0 Å². The van der Waals surface area contributed by atoms with Gasteiger partial charge in [0.2, 0.25) is 0 Å². The molecule has 0 aromatic heterocycles. The van der Waals surface area contributed by atoms with E-state index in [2.05, 4.69) is 122 Å². The van der Waals surface area contributed by atoms with E-state index in [1.807, 2.05) is 0 Å². The molecule has 0 aliphatic carbocycles. The molecule has 6 aromatic rings. The molecule has 0 spiro atoms. The van der Waals surface area contributed by atoms with Gasteiger partial charge in [0.05, 0.1) is 0 Å². The molecule has 0 amide bonds. The van der Waals surface area contributed by atoms with E-state index in [9.17, 15) is 0 Å². The molecule has 0 aliphatic heterocycles. The topological polar surface area (TPSA) is 0 Å². The molecule has 146 valence electrons. The van der Waals surface area contributed by atoms with Gasteiger partial charge in [0.15, 0.2) is 0 Å². The standard InChI is InChI=1S/C31H22/c1-21-26-12-7-8-14-28(26)31(29-20-19-24-11-5-6-13-27(24)30(21)29)25-17-15-23(16-18-25)22-9-3-2-4-10-22/h2-20H,1H3. The third kappa shape index (κ3) is 2.84. The van der Waals surface area contributed by atoms with E-state index in [-0.39, 0.29) is 0 Å². The summed E-state index contributed by atoms with van der Waals surface area (Å²) >= 11 is 0. The lowest BCUT2D eigenvalue weighted by molar-refractivity contribution is 1.58. The summed E-state index contributed by atoms with van der Waals surface area (Å²) in [4.78, 5) is 0. The van der Waals surface area contributed by atoms with Gasteiger partial charge < -0.3 is 0 Å². The maximum absolute atomic E-state index is 2.30. The number of hydrogen-bond donors (Lipinski definition) is 0. The zero-order valence-corrected chi connectivity index (χ0v) is 17.5. The van der Waals surface area contributed by atoms with Crippen molar-refractivity contribution in [3.8, 4) is 22.3 Å². The lowest BCUT2D eigenvalue weighted by Gasteiger charge is -2.17. The fraction of sp³-hybridized carbons (Fsp3) is 0.0323. The van der Waals surface area contributed by atoms with Crippen LogP contribution in [0.4, 0.5) is 0 Å². The second-order valence-corrected chi connectivity index (χ2v) is 8.20. The molecule has 0 heterocycles. The Morgan fingerprint density at radius 2 is 0.968 bits per heavy atom. The van der Waals surface area contributed by atoms with Crippen LogP contribution in [-0.2, 0) is 0 Å². The molecule has 0 bridgehead atoms. The van der Waals surface area contributed by atoms with Crippen LogP contribution in [0, 0.1) is 6.92 Å². The Bertz CT molecular complexity index is 1560. The monoisotopic (exact) mass is 394 g/mol. The van der Waals surface area contributed by atoms with Crippen molar-refractivity contribution in [3.63, 3.8) is 0 Å². The first-order chi connectivity index (χ1) is 15.3. The Morgan fingerprint density at radius 3 is 1.74 bits per heavy atom. The third-order valence-electron chi connectivity index (χ3n) is 6.45. The Morgan fingerprint density at radius 1 is 0.387 bits per heavy atom. The molecule has 31 heavy (non-hydrogen) atoms. The van der Waals surface area contributed by atoms with Crippen LogP contribution in [0.2, 0.25) is 0 Å². The van der Waals surface area contributed by atoms with Crippen LogP contribution in [0.3, 0.4) is 0 Å². The molecule has 0 nitrogen and oxygen atoms in total. The highest BCUT2D eigenvalue weighted by molar-refractivity contribution is 6.22. The quantitative estimate of drug-likeness (QED) is 0.203. The van der Waals surface area contributed by atoms with Gasteiger partial charge in [-0.15, -0.1) is 0 Å². The van der Waals surface area contributed by atoms with Crippen LogP contribution in [0.5, 0.6) is 0 Å². The van der Waals surface area contributed by atoms with Gasteiger partial charge in [0.1, 0.15) is 0 Å². The van der Waals surface area contributed by atoms with E-state index in [1.165, 1.54) is 60.1 Å². The fourth-order valence-electron chi connectivity index (χ4n) is 4.96. The molecular formula is C31H22. The smallest absolute Gasteiger partial charge is 0.00264 e. The van der Waals surface area contributed by atoms with Gasteiger partial charge in [0.25, 0.3) is 0 Å². The van der Waals surface area contributed by atoms with E-state index >= 15 is 0 Å². The van der Waals surface area contributed by atoms with Crippen LogP contribution in [0.15, 0.2) is 115 Å². The molecule has 0 unspecified atom stereocenters. The zero-order valence-electron chi connectivity index (χ0n) is 17.5. The predicted octanol–water partition coefficient (Wildman–Crippen LogP) is 8.79. The maximum Gasteiger partial charge on any atom is -0.00264 e. The average molecular weight is 395 g/mol. The predicted molar refractivity (Wildman–Crippen MR) is 135 cm³/mol. The molecule has 0 fully saturated rings. The maximum atomic E-state index is 2.30. The molecule has 6 aromatic carbocycles. The molecule has 0 radical (unpaired) electrons. The van der Waals surface area contributed by atoms with E-state index in [0.29, 0.717) is 0 Å². The van der Waals surface area contributed by atoms with Crippen LogP contribution in [0.25, 0.3) is 54.6 Å². The second kappa shape index (κ2) is 7.11. The summed E-state index contributed by atoms with van der Waals surface area (Å²) in [6.45, 7) is 2.26. The zero-order chi connectivity index (χ0) is 20.8. The summed E-state index contributed by atoms with van der Waals surface area (Å²) in [6.07, 6.45) is 0. The van der Waals surface area contributed by atoms with Crippen molar-refractivity contribution in [2.75, 3.05) is 0 Å². The number of aryl methyl sites for hydroxylation is 1. The van der Waals surface area contributed by atoms with E-state index in [0.717, 1.165) is 0 Å². The average Bonchev–Trinajstić information content (AvgIpc) is 2.85. The largest absolute Gasteiger partial charge is 0.0622 e. The Kier molecular flexibility index (Phi) is 4.11. The van der Waals surface area contributed by atoms with Gasteiger partial charge in [-0.1, -0.05) is 115 Å². The van der Waals surface area contributed by atoms with Crippen LogP contribution < -0.4 is 0 Å². The van der Waals surface area contributed by atoms with Crippen molar-refractivity contribution in [3.05, 3.63) is 121 Å². The first-order valence-electron chi connectivity index (χ1n) is 10.8. The molecule has 0 heteroatoms. The second-order valence-electron chi connectivity index (χ2n) is 8.20. The third-order valence-corrected chi connectivity index (χ3v) is 6.45. The first-order valence-corrected chi connectivity index (χ1v) is 10.8. The van der Waals surface area contributed by atoms with Crippen molar-refractivity contribution in [2.45, 2.75) is 6.92 Å². The molecule has 0 saturated heterocycles. The minimum atomic E-state index is 1.25. The number of fused-ring (bicyclic) bond motifs is 4. The van der Waals surface area contributed by atoms with Crippen molar-refractivity contribution in [1.82, 2.24) is 0 Å². The lowest BCUT2D eigenvalue weighted by Crippen LogP contribution is -1.91. The van der Waals surface area contributed by atoms with Crippen molar-refractivity contribution in [2.24, 2.45) is 0 Å². The first kappa shape index (κ1) is 17.9. The van der Waals surface area contributed by atoms with Crippen LogP contribution in [-0.4, -0.2) is 0 Å². The highest BCUT2D eigenvalue weighted by Gasteiger charge is 2.15.